The van der Waals surface area contributed by atoms with E-state index in [9.17, 15) is 14.4 Å². The van der Waals surface area contributed by atoms with E-state index in [1.807, 2.05) is 6.92 Å². The van der Waals surface area contributed by atoms with E-state index in [-0.39, 0.29) is 11.5 Å². The number of anilines is 2. The van der Waals surface area contributed by atoms with Gasteiger partial charge in [-0.05, 0) is 36.8 Å². The highest BCUT2D eigenvalue weighted by atomic mass is 16.4. The van der Waals surface area contributed by atoms with E-state index in [2.05, 4.69) is 10.6 Å². The molecule has 2 amide bonds. The molecule has 0 radical (unpaired) electrons. The SMILES string of the molecule is CC(=O)Nc1ccc(C)c(NC(=O)c2cc3ccccc3oc2=O)c1. The highest BCUT2D eigenvalue weighted by molar-refractivity contribution is 6.06. The highest BCUT2D eigenvalue weighted by Crippen LogP contribution is 2.21. The van der Waals surface area contributed by atoms with Crippen LogP contribution in [0, 0.1) is 6.92 Å². The van der Waals surface area contributed by atoms with Crippen molar-refractivity contribution in [1.29, 1.82) is 0 Å². The summed E-state index contributed by atoms with van der Waals surface area (Å²) in [5.41, 5.74) is 1.50. The number of para-hydroxylation sites is 1. The van der Waals surface area contributed by atoms with Crippen LogP contribution in [0.1, 0.15) is 22.8 Å². The number of amides is 2. The maximum atomic E-state index is 12.5. The molecule has 126 valence electrons. The molecule has 6 heteroatoms. The monoisotopic (exact) mass is 336 g/mol. The van der Waals surface area contributed by atoms with Crippen LogP contribution in [0.25, 0.3) is 11.0 Å². The van der Waals surface area contributed by atoms with Gasteiger partial charge >= 0.3 is 5.63 Å². The lowest BCUT2D eigenvalue weighted by Gasteiger charge is -2.11. The fraction of sp³-hybridized carbons (Fsp3) is 0.105. The number of benzene rings is 2. The van der Waals surface area contributed by atoms with Crippen LogP contribution in [-0.4, -0.2) is 11.8 Å². The van der Waals surface area contributed by atoms with Crippen molar-refractivity contribution in [3.8, 4) is 0 Å². The summed E-state index contributed by atoms with van der Waals surface area (Å²) < 4.78 is 5.18. The highest BCUT2D eigenvalue weighted by Gasteiger charge is 2.15. The van der Waals surface area contributed by atoms with E-state index in [0.29, 0.717) is 22.3 Å². The van der Waals surface area contributed by atoms with Crippen LogP contribution in [0.3, 0.4) is 0 Å². The molecule has 3 rings (SSSR count). The fourth-order valence-corrected chi connectivity index (χ4v) is 2.45. The molecule has 0 spiro atoms. The maximum Gasteiger partial charge on any atom is 0.349 e. The first-order chi connectivity index (χ1) is 11.9. The summed E-state index contributed by atoms with van der Waals surface area (Å²) in [4.78, 5) is 35.8. The van der Waals surface area contributed by atoms with Gasteiger partial charge in [0.05, 0.1) is 0 Å². The van der Waals surface area contributed by atoms with Gasteiger partial charge in [0.15, 0.2) is 0 Å². The van der Waals surface area contributed by atoms with Crippen molar-refractivity contribution < 1.29 is 14.0 Å². The van der Waals surface area contributed by atoms with E-state index >= 15 is 0 Å². The standard InChI is InChI=1S/C19H16N2O4/c1-11-7-8-14(20-12(2)22)10-16(11)21-18(23)15-9-13-5-3-4-6-17(13)25-19(15)24/h3-10H,1-2H3,(H,20,22)(H,21,23). The molecule has 0 aliphatic heterocycles. The summed E-state index contributed by atoms with van der Waals surface area (Å²) in [6.07, 6.45) is 0. The molecule has 0 unspecified atom stereocenters. The molecule has 0 fully saturated rings. The molecule has 2 aromatic carbocycles. The molecule has 0 saturated carbocycles. The molecule has 0 saturated heterocycles. The first-order valence-corrected chi connectivity index (χ1v) is 7.66. The Hall–Kier alpha value is -3.41. The third-order valence-corrected chi connectivity index (χ3v) is 3.69. The number of hydrogen-bond acceptors (Lipinski definition) is 4. The minimum atomic E-state index is -0.702. The van der Waals surface area contributed by atoms with Gasteiger partial charge in [-0.1, -0.05) is 24.3 Å². The Bertz CT molecular complexity index is 1040. The summed E-state index contributed by atoms with van der Waals surface area (Å²) in [5, 5.41) is 6.01. The molecule has 0 aliphatic rings. The van der Waals surface area contributed by atoms with Crippen molar-refractivity contribution in [3.63, 3.8) is 0 Å². The molecule has 1 aromatic heterocycles. The average Bonchev–Trinajstić information content (AvgIpc) is 2.56. The van der Waals surface area contributed by atoms with Crippen LogP contribution in [0.2, 0.25) is 0 Å². The van der Waals surface area contributed by atoms with Crippen LogP contribution in [0.4, 0.5) is 11.4 Å². The maximum absolute atomic E-state index is 12.5. The van der Waals surface area contributed by atoms with Gasteiger partial charge in [0.2, 0.25) is 5.91 Å². The zero-order valence-corrected chi connectivity index (χ0v) is 13.8. The van der Waals surface area contributed by atoms with Crippen LogP contribution < -0.4 is 16.3 Å². The topological polar surface area (TPSA) is 88.4 Å². The number of fused-ring (bicyclic) bond motifs is 1. The molecule has 0 bridgehead atoms. The van der Waals surface area contributed by atoms with Gasteiger partial charge in [-0.2, -0.15) is 0 Å². The molecule has 1 heterocycles. The van der Waals surface area contributed by atoms with E-state index < -0.39 is 11.5 Å². The van der Waals surface area contributed by atoms with E-state index in [1.54, 1.807) is 42.5 Å². The summed E-state index contributed by atoms with van der Waals surface area (Å²) >= 11 is 0. The normalized spacial score (nSPS) is 10.5. The van der Waals surface area contributed by atoms with Crippen LogP contribution in [-0.2, 0) is 4.79 Å². The molecule has 3 aromatic rings. The fourth-order valence-electron chi connectivity index (χ4n) is 2.45. The Morgan fingerprint density at radius 2 is 1.76 bits per heavy atom. The largest absolute Gasteiger partial charge is 0.422 e. The summed E-state index contributed by atoms with van der Waals surface area (Å²) in [7, 11) is 0. The number of aryl methyl sites for hydroxylation is 1. The molecule has 2 N–H and O–H groups in total. The van der Waals surface area contributed by atoms with Crippen molar-refractivity contribution in [2.24, 2.45) is 0 Å². The minimum absolute atomic E-state index is 0.0805. The third-order valence-electron chi connectivity index (χ3n) is 3.69. The third kappa shape index (κ3) is 3.58. The lowest BCUT2D eigenvalue weighted by Crippen LogP contribution is -2.21. The van der Waals surface area contributed by atoms with Gasteiger partial charge < -0.3 is 15.1 Å². The van der Waals surface area contributed by atoms with Gasteiger partial charge in [0.25, 0.3) is 5.91 Å². The zero-order chi connectivity index (χ0) is 18.0. The van der Waals surface area contributed by atoms with Crippen molar-refractivity contribution in [2.75, 3.05) is 10.6 Å². The second kappa shape index (κ2) is 6.60. The second-order valence-electron chi connectivity index (χ2n) is 5.65. The Morgan fingerprint density at radius 3 is 2.52 bits per heavy atom. The van der Waals surface area contributed by atoms with Crippen molar-refractivity contribution in [3.05, 3.63) is 70.1 Å². The molecule has 0 atom stereocenters. The first kappa shape index (κ1) is 16.4. The lowest BCUT2D eigenvalue weighted by atomic mass is 10.1. The Morgan fingerprint density at radius 1 is 1.00 bits per heavy atom. The Kier molecular flexibility index (Phi) is 4.35. The number of hydrogen-bond donors (Lipinski definition) is 2. The van der Waals surface area contributed by atoms with E-state index in [1.165, 1.54) is 13.0 Å². The lowest BCUT2D eigenvalue weighted by molar-refractivity contribution is -0.114. The van der Waals surface area contributed by atoms with Crippen molar-refractivity contribution in [2.45, 2.75) is 13.8 Å². The predicted molar refractivity (Wildman–Crippen MR) is 95.9 cm³/mol. The first-order valence-electron chi connectivity index (χ1n) is 7.66. The Labute approximate surface area is 143 Å². The van der Waals surface area contributed by atoms with Gasteiger partial charge in [-0.25, -0.2) is 4.79 Å². The number of rotatable bonds is 3. The number of carbonyl (C=O) groups is 2. The quantitative estimate of drug-likeness (QED) is 0.718. The summed E-state index contributed by atoms with van der Waals surface area (Å²) in [6, 6.07) is 13.6. The van der Waals surface area contributed by atoms with Crippen molar-refractivity contribution in [1.82, 2.24) is 0 Å². The molecular weight excluding hydrogens is 320 g/mol. The Balaban J connectivity index is 1.93. The van der Waals surface area contributed by atoms with Gasteiger partial charge in [0.1, 0.15) is 11.1 Å². The zero-order valence-electron chi connectivity index (χ0n) is 13.8. The van der Waals surface area contributed by atoms with Crippen LogP contribution >= 0.6 is 0 Å². The number of nitrogens with one attached hydrogen (secondary N) is 2. The van der Waals surface area contributed by atoms with E-state index in [4.69, 9.17) is 4.42 Å². The predicted octanol–water partition coefficient (Wildman–Crippen LogP) is 3.31. The average molecular weight is 336 g/mol. The summed E-state index contributed by atoms with van der Waals surface area (Å²) in [5.74, 6) is -0.779. The minimum Gasteiger partial charge on any atom is -0.422 e. The van der Waals surface area contributed by atoms with Crippen LogP contribution in [0.15, 0.2) is 57.7 Å². The smallest absolute Gasteiger partial charge is 0.349 e. The van der Waals surface area contributed by atoms with Crippen LogP contribution in [0.5, 0.6) is 0 Å². The second-order valence-corrected chi connectivity index (χ2v) is 5.65. The van der Waals surface area contributed by atoms with Gasteiger partial charge in [-0.15, -0.1) is 0 Å². The summed E-state index contributed by atoms with van der Waals surface area (Å²) in [6.45, 7) is 3.22. The van der Waals surface area contributed by atoms with Crippen molar-refractivity contribution >= 4 is 34.2 Å². The van der Waals surface area contributed by atoms with Gasteiger partial charge in [-0.3, -0.25) is 9.59 Å². The number of carbonyl (C=O) groups excluding carboxylic acids is 2. The molecule has 25 heavy (non-hydrogen) atoms. The van der Waals surface area contributed by atoms with Gasteiger partial charge in [0, 0.05) is 23.7 Å². The van der Waals surface area contributed by atoms with E-state index in [0.717, 1.165) is 5.56 Å². The molecule has 0 aliphatic carbocycles. The molecular formula is C19H16N2O4. The molecule has 6 nitrogen and oxygen atoms in total.